The van der Waals surface area contributed by atoms with E-state index in [-0.39, 0.29) is 17.8 Å². The molecule has 4 heterocycles. The number of ether oxygens (including phenoxy) is 2. The van der Waals surface area contributed by atoms with Crippen LogP contribution >= 0.6 is 0 Å². The summed E-state index contributed by atoms with van der Waals surface area (Å²) in [5.41, 5.74) is 1.97. The van der Waals surface area contributed by atoms with Crippen LogP contribution in [0.2, 0.25) is 0 Å². The van der Waals surface area contributed by atoms with E-state index in [9.17, 15) is 9.59 Å². The van der Waals surface area contributed by atoms with Crippen molar-refractivity contribution in [1.82, 2.24) is 19.0 Å². The molecule has 1 N–H and O–H groups in total. The predicted molar refractivity (Wildman–Crippen MR) is 107 cm³/mol. The Labute approximate surface area is 166 Å². The molecule has 9 nitrogen and oxygen atoms in total. The van der Waals surface area contributed by atoms with Crippen LogP contribution in [0.1, 0.15) is 12.5 Å². The number of carbonyl (C=O) groups excluding carboxylic acids is 1. The Hall–Kier alpha value is -3.49. The van der Waals surface area contributed by atoms with Crippen LogP contribution in [0, 0.1) is 0 Å². The van der Waals surface area contributed by atoms with Gasteiger partial charge >= 0.3 is 11.7 Å². The summed E-state index contributed by atoms with van der Waals surface area (Å²) in [5.74, 6) is 1.31. The number of pyridine rings is 1. The van der Waals surface area contributed by atoms with E-state index < -0.39 is 0 Å². The topological polar surface area (TPSA) is 90.6 Å². The number of amides is 2. The van der Waals surface area contributed by atoms with E-state index in [4.69, 9.17) is 9.47 Å². The largest absolute Gasteiger partial charge is 0.486 e. The normalized spacial score (nSPS) is 18.2. The lowest BCUT2D eigenvalue weighted by atomic mass is 10.2. The Morgan fingerprint density at radius 2 is 2.03 bits per heavy atom. The number of nitrogens with zero attached hydrogens (tertiary/aromatic N) is 4. The van der Waals surface area contributed by atoms with Gasteiger partial charge in [0, 0.05) is 38.1 Å². The van der Waals surface area contributed by atoms with Crippen LogP contribution < -0.4 is 20.5 Å². The third kappa shape index (κ3) is 2.98. The van der Waals surface area contributed by atoms with Gasteiger partial charge in [0.1, 0.15) is 13.2 Å². The van der Waals surface area contributed by atoms with E-state index in [0.29, 0.717) is 55.6 Å². The minimum absolute atomic E-state index is 0.105. The van der Waals surface area contributed by atoms with Gasteiger partial charge in [0.15, 0.2) is 17.1 Å². The predicted octanol–water partition coefficient (Wildman–Crippen LogP) is 1.99. The van der Waals surface area contributed by atoms with Crippen LogP contribution in [0.15, 0.2) is 41.3 Å². The van der Waals surface area contributed by atoms with Gasteiger partial charge in [-0.15, -0.1) is 0 Å². The van der Waals surface area contributed by atoms with Crippen LogP contribution in [0.4, 0.5) is 10.5 Å². The molecule has 0 aliphatic carbocycles. The van der Waals surface area contributed by atoms with Gasteiger partial charge in [0.2, 0.25) is 0 Å². The molecule has 5 rings (SSSR count). The third-order valence-corrected chi connectivity index (χ3v) is 5.46. The molecule has 0 radical (unpaired) electrons. The number of urea groups is 1. The summed E-state index contributed by atoms with van der Waals surface area (Å²) >= 11 is 0. The van der Waals surface area contributed by atoms with Crippen molar-refractivity contribution >= 4 is 22.9 Å². The van der Waals surface area contributed by atoms with Gasteiger partial charge in [-0.05, 0) is 30.7 Å². The lowest BCUT2D eigenvalue weighted by Crippen LogP contribution is -2.34. The molecule has 1 aromatic carbocycles. The van der Waals surface area contributed by atoms with Crippen molar-refractivity contribution in [3.8, 4) is 11.5 Å². The number of nitrogens with one attached hydrogen (secondary N) is 1. The van der Waals surface area contributed by atoms with Crippen LogP contribution in [0.3, 0.4) is 0 Å². The number of hydrogen-bond donors (Lipinski definition) is 1. The highest BCUT2D eigenvalue weighted by molar-refractivity contribution is 5.90. The summed E-state index contributed by atoms with van der Waals surface area (Å²) in [6.45, 7) is 2.03. The van der Waals surface area contributed by atoms with E-state index in [0.717, 1.165) is 5.52 Å². The molecule has 0 bridgehead atoms. The number of likely N-dealkylation sites (tertiary alicyclic amines) is 1. The maximum Gasteiger partial charge on any atom is 0.330 e. The fourth-order valence-corrected chi connectivity index (χ4v) is 3.98. The standard InChI is InChI=1S/C20H21N5O4/c1-23-15-3-2-7-21-18(15)25(20(23)27)14-6-8-24(12-14)19(26)22-13-4-5-16-17(11-13)29-10-9-28-16/h2-5,7,11,14H,6,8-10,12H2,1H3,(H,22,26)/t14-/m1/s1. The lowest BCUT2D eigenvalue weighted by Gasteiger charge is -2.21. The Balaban J connectivity index is 1.33. The average Bonchev–Trinajstić information content (AvgIpc) is 3.32. The van der Waals surface area contributed by atoms with Gasteiger partial charge in [-0.25, -0.2) is 14.6 Å². The third-order valence-electron chi connectivity index (χ3n) is 5.46. The fraction of sp³-hybridized carbons (Fsp3) is 0.350. The number of aryl methyl sites for hydroxylation is 1. The highest BCUT2D eigenvalue weighted by Gasteiger charge is 2.30. The number of carbonyl (C=O) groups is 1. The van der Waals surface area contributed by atoms with Crippen molar-refractivity contribution in [2.45, 2.75) is 12.5 Å². The Kier molecular flexibility index (Phi) is 4.15. The number of anilines is 1. The summed E-state index contributed by atoms with van der Waals surface area (Å²) < 4.78 is 14.4. The first-order chi connectivity index (χ1) is 14.1. The minimum atomic E-state index is -0.203. The lowest BCUT2D eigenvalue weighted by molar-refractivity contribution is 0.171. The van der Waals surface area contributed by atoms with Crippen LogP contribution in [-0.4, -0.2) is 51.4 Å². The van der Waals surface area contributed by atoms with Crippen LogP contribution in [0.25, 0.3) is 11.2 Å². The average molecular weight is 395 g/mol. The van der Waals surface area contributed by atoms with Gasteiger partial charge in [-0.3, -0.25) is 9.13 Å². The number of aromatic nitrogens is 3. The van der Waals surface area contributed by atoms with Crippen molar-refractivity contribution in [3.63, 3.8) is 0 Å². The van der Waals surface area contributed by atoms with Crippen LogP contribution in [-0.2, 0) is 7.05 Å². The monoisotopic (exact) mass is 395 g/mol. The van der Waals surface area contributed by atoms with E-state index in [1.165, 1.54) is 0 Å². The zero-order chi connectivity index (χ0) is 20.0. The molecule has 1 atom stereocenters. The molecule has 1 fully saturated rings. The van der Waals surface area contributed by atoms with Crippen molar-refractivity contribution in [2.24, 2.45) is 7.05 Å². The number of hydrogen-bond acceptors (Lipinski definition) is 5. The van der Waals surface area contributed by atoms with Gasteiger partial charge in [-0.1, -0.05) is 0 Å². The fourth-order valence-electron chi connectivity index (χ4n) is 3.98. The number of imidazole rings is 1. The Morgan fingerprint density at radius 1 is 1.21 bits per heavy atom. The number of fused-ring (bicyclic) bond motifs is 2. The SMILES string of the molecule is Cn1c(=O)n([C@@H]2CCN(C(=O)Nc3ccc4c(c3)OCCO4)C2)c2ncccc21. The summed E-state index contributed by atoms with van der Waals surface area (Å²) in [6.07, 6.45) is 2.38. The molecule has 1 saturated heterocycles. The molecule has 0 unspecified atom stereocenters. The smallest absolute Gasteiger partial charge is 0.330 e. The van der Waals surface area contributed by atoms with E-state index in [1.807, 2.05) is 12.1 Å². The van der Waals surface area contributed by atoms with Crippen molar-refractivity contribution in [2.75, 3.05) is 31.6 Å². The molecule has 0 saturated carbocycles. The van der Waals surface area contributed by atoms with E-state index in [1.54, 1.807) is 45.5 Å². The zero-order valence-corrected chi connectivity index (χ0v) is 16.0. The highest BCUT2D eigenvalue weighted by Crippen LogP contribution is 2.33. The van der Waals surface area contributed by atoms with Crippen molar-refractivity contribution in [3.05, 3.63) is 47.0 Å². The molecule has 2 amide bonds. The summed E-state index contributed by atoms with van der Waals surface area (Å²) in [7, 11) is 1.74. The molecule has 150 valence electrons. The molecule has 2 aliphatic heterocycles. The second-order valence-electron chi connectivity index (χ2n) is 7.23. The molecular formula is C20H21N5O4. The summed E-state index contributed by atoms with van der Waals surface area (Å²) in [4.78, 5) is 31.6. The second-order valence-corrected chi connectivity index (χ2v) is 7.23. The quantitative estimate of drug-likeness (QED) is 0.717. The first kappa shape index (κ1) is 17.6. The van der Waals surface area contributed by atoms with Gasteiger partial charge < -0.3 is 19.7 Å². The molecular weight excluding hydrogens is 374 g/mol. The molecule has 0 spiro atoms. The molecule has 2 aromatic heterocycles. The first-order valence-electron chi connectivity index (χ1n) is 9.59. The Bertz CT molecular complexity index is 1150. The van der Waals surface area contributed by atoms with Gasteiger partial charge in [0.05, 0.1) is 11.6 Å². The maximum absolute atomic E-state index is 12.7. The molecule has 2 aliphatic rings. The van der Waals surface area contributed by atoms with Crippen LogP contribution in [0.5, 0.6) is 11.5 Å². The first-order valence-corrected chi connectivity index (χ1v) is 9.59. The number of rotatable bonds is 2. The summed E-state index contributed by atoms with van der Waals surface area (Å²) in [6, 6.07) is 8.72. The zero-order valence-electron chi connectivity index (χ0n) is 16.0. The highest BCUT2D eigenvalue weighted by atomic mass is 16.6. The maximum atomic E-state index is 12.7. The van der Waals surface area contributed by atoms with Crippen molar-refractivity contribution in [1.29, 1.82) is 0 Å². The molecule has 9 heteroatoms. The number of benzene rings is 1. The summed E-state index contributed by atoms with van der Waals surface area (Å²) in [5, 5.41) is 2.91. The molecule has 3 aromatic rings. The minimum Gasteiger partial charge on any atom is -0.486 e. The van der Waals surface area contributed by atoms with E-state index >= 15 is 0 Å². The Morgan fingerprint density at radius 3 is 2.90 bits per heavy atom. The van der Waals surface area contributed by atoms with Crippen molar-refractivity contribution < 1.29 is 14.3 Å². The molecule has 29 heavy (non-hydrogen) atoms. The van der Waals surface area contributed by atoms with E-state index in [2.05, 4.69) is 10.3 Å². The van der Waals surface area contributed by atoms with Gasteiger partial charge in [-0.2, -0.15) is 0 Å². The second kappa shape index (κ2) is 6.84. The van der Waals surface area contributed by atoms with Gasteiger partial charge in [0.25, 0.3) is 0 Å².